The first-order valence-corrected chi connectivity index (χ1v) is 13.6. The molecule has 5 rings (SSSR count). The number of hydrogen-bond acceptors (Lipinski definition) is 8. The zero-order chi connectivity index (χ0) is 25.4. The molecule has 1 fully saturated rings. The predicted octanol–water partition coefficient (Wildman–Crippen LogP) is 3.13. The van der Waals surface area contributed by atoms with Gasteiger partial charge in [0.2, 0.25) is 15.0 Å². The summed E-state index contributed by atoms with van der Waals surface area (Å²) in [5.41, 5.74) is 0.488. The summed E-state index contributed by atoms with van der Waals surface area (Å²) in [7, 11) is -2.38. The van der Waals surface area contributed by atoms with Crippen LogP contribution in [-0.2, 0) is 16.6 Å². The smallest absolute Gasteiger partial charge is 0.275 e. The monoisotopic (exact) mass is 549 g/mol. The Labute approximate surface area is 215 Å². The molecule has 0 N–H and O–H groups in total. The topological polar surface area (TPSA) is 97.1 Å². The standard InChI is InChI=1S/C23H21ClFN5O4S2/c1-34-19-7-6-15(24)12-20(19)36(32,33)29-10-8-28(9-11-29)14-16-13-21(31)30-23(26-16)35-22(27-30)17-4-2-3-5-18(17)25/h2-7,12-13H,8-11,14H2,1H3. The molecular weight excluding hydrogens is 529 g/mol. The fourth-order valence-electron chi connectivity index (χ4n) is 4.03. The minimum Gasteiger partial charge on any atom is -0.495 e. The molecule has 0 unspecified atom stereocenters. The van der Waals surface area contributed by atoms with E-state index in [1.165, 1.54) is 40.2 Å². The van der Waals surface area contributed by atoms with Gasteiger partial charge in [0.25, 0.3) is 5.56 Å². The Balaban J connectivity index is 1.31. The van der Waals surface area contributed by atoms with E-state index in [0.29, 0.717) is 45.9 Å². The van der Waals surface area contributed by atoms with Gasteiger partial charge >= 0.3 is 0 Å². The molecule has 0 radical (unpaired) electrons. The van der Waals surface area contributed by atoms with Crippen molar-refractivity contribution in [1.82, 2.24) is 23.8 Å². The first kappa shape index (κ1) is 24.8. The lowest BCUT2D eigenvalue weighted by Gasteiger charge is -2.33. The zero-order valence-corrected chi connectivity index (χ0v) is 21.5. The molecule has 0 amide bonds. The number of aromatic nitrogens is 3. The van der Waals surface area contributed by atoms with Crippen LogP contribution in [0.15, 0.2) is 58.2 Å². The SMILES string of the molecule is COc1ccc(Cl)cc1S(=O)(=O)N1CCN(Cc2cc(=O)n3nc(-c4ccccc4F)sc3n2)CC1. The normalized spacial score (nSPS) is 15.4. The molecule has 188 valence electrons. The fourth-order valence-corrected chi connectivity index (χ4v) is 6.82. The van der Waals surface area contributed by atoms with Crippen molar-refractivity contribution >= 4 is 37.9 Å². The first-order chi connectivity index (χ1) is 17.3. The highest BCUT2D eigenvalue weighted by Crippen LogP contribution is 2.30. The van der Waals surface area contributed by atoms with Crippen molar-refractivity contribution in [3.63, 3.8) is 0 Å². The summed E-state index contributed by atoms with van der Waals surface area (Å²) < 4.78 is 48.3. The second-order valence-corrected chi connectivity index (χ2v) is 11.4. The van der Waals surface area contributed by atoms with Gasteiger partial charge in [0.05, 0.1) is 12.8 Å². The lowest BCUT2D eigenvalue weighted by atomic mass is 10.2. The van der Waals surface area contributed by atoms with Gasteiger partial charge in [-0.3, -0.25) is 9.69 Å². The molecule has 9 nitrogen and oxygen atoms in total. The Hall–Kier alpha value is -2.90. The van der Waals surface area contributed by atoms with Crippen LogP contribution in [0.1, 0.15) is 5.69 Å². The van der Waals surface area contributed by atoms with E-state index in [0.717, 1.165) is 11.3 Å². The second kappa shape index (κ2) is 9.87. The van der Waals surface area contributed by atoms with Gasteiger partial charge in [-0.15, -0.1) is 0 Å². The van der Waals surface area contributed by atoms with E-state index in [1.54, 1.807) is 24.3 Å². The molecule has 13 heteroatoms. The molecule has 0 aliphatic carbocycles. The van der Waals surface area contributed by atoms with Crippen LogP contribution in [0.4, 0.5) is 4.39 Å². The second-order valence-electron chi connectivity index (χ2n) is 8.14. The van der Waals surface area contributed by atoms with Gasteiger partial charge in [0, 0.05) is 49.4 Å². The lowest BCUT2D eigenvalue weighted by molar-refractivity contribution is 0.179. The highest BCUT2D eigenvalue weighted by molar-refractivity contribution is 7.89. The summed E-state index contributed by atoms with van der Waals surface area (Å²) in [4.78, 5) is 19.6. The van der Waals surface area contributed by atoms with Crippen LogP contribution in [0.3, 0.4) is 0 Å². The highest BCUT2D eigenvalue weighted by atomic mass is 35.5. The number of benzene rings is 2. The minimum atomic E-state index is -3.80. The summed E-state index contributed by atoms with van der Waals surface area (Å²) in [5.74, 6) is -0.188. The summed E-state index contributed by atoms with van der Waals surface area (Å²) in [6, 6.07) is 12.1. The molecule has 4 aromatic rings. The molecule has 1 aliphatic heterocycles. The molecule has 0 saturated carbocycles. The Morgan fingerprint density at radius 2 is 1.86 bits per heavy atom. The maximum Gasteiger partial charge on any atom is 0.275 e. The van der Waals surface area contributed by atoms with Crippen LogP contribution < -0.4 is 10.3 Å². The van der Waals surface area contributed by atoms with Crippen molar-refractivity contribution in [1.29, 1.82) is 0 Å². The van der Waals surface area contributed by atoms with Crippen molar-refractivity contribution in [2.45, 2.75) is 11.4 Å². The van der Waals surface area contributed by atoms with Crippen LogP contribution in [0, 0.1) is 5.82 Å². The molecule has 0 spiro atoms. The summed E-state index contributed by atoms with van der Waals surface area (Å²) >= 11 is 7.16. The Kier molecular flexibility index (Phi) is 6.79. The Morgan fingerprint density at radius 1 is 1.11 bits per heavy atom. The van der Waals surface area contributed by atoms with E-state index >= 15 is 0 Å². The van der Waals surface area contributed by atoms with Gasteiger partial charge in [-0.2, -0.15) is 13.9 Å². The predicted molar refractivity (Wildman–Crippen MR) is 135 cm³/mol. The Morgan fingerprint density at radius 3 is 2.58 bits per heavy atom. The molecule has 2 aromatic heterocycles. The minimum absolute atomic E-state index is 0.0296. The number of methoxy groups -OCH3 is 1. The average molecular weight is 550 g/mol. The van der Waals surface area contributed by atoms with E-state index in [1.807, 2.05) is 4.90 Å². The van der Waals surface area contributed by atoms with Crippen molar-refractivity contribution < 1.29 is 17.5 Å². The molecule has 0 bridgehead atoms. The van der Waals surface area contributed by atoms with Crippen LogP contribution in [-0.4, -0.2) is 65.5 Å². The van der Waals surface area contributed by atoms with E-state index < -0.39 is 15.8 Å². The van der Waals surface area contributed by atoms with Crippen LogP contribution in [0.2, 0.25) is 5.02 Å². The van der Waals surface area contributed by atoms with Crippen molar-refractivity contribution in [2.75, 3.05) is 33.3 Å². The molecule has 3 heterocycles. The molecule has 1 aliphatic rings. The van der Waals surface area contributed by atoms with E-state index in [2.05, 4.69) is 10.1 Å². The number of sulfonamides is 1. The van der Waals surface area contributed by atoms with Crippen molar-refractivity contribution in [3.8, 4) is 16.3 Å². The summed E-state index contributed by atoms with van der Waals surface area (Å²) in [5, 5.41) is 4.90. The number of piperazine rings is 1. The number of hydrogen-bond donors (Lipinski definition) is 0. The third-order valence-corrected chi connectivity index (χ3v) is 8.96. The average Bonchev–Trinajstić information content (AvgIpc) is 3.29. The maximum atomic E-state index is 14.2. The lowest BCUT2D eigenvalue weighted by Crippen LogP contribution is -2.48. The molecule has 2 aromatic carbocycles. The first-order valence-electron chi connectivity index (χ1n) is 11.0. The fraction of sp³-hybridized carbons (Fsp3) is 0.261. The Bertz CT molecular complexity index is 1600. The van der Waals surface area contributed by atoms with E-state index in [9.17, 15) is 17.6 Å². The third kappa shape index (κ3) is 4.74. The zero-order valence-electron chi connectivity index (χ0n) is 19.1. The number of nitrogens with zero attached hydrogens (tertiary/aromatic N) is 5. The molecule has 1 saturated heterocycles. The highest BCUT2D eigenvalue weighted by Gasteiger charge is 2.31. The number of halogens is 2. The quantitative estimate of drug-likeness (QED) is 0.364. The summed E-state index contributed by atoms with van der Waals surface area (Å²) in [6.07, 6.45) is 0. The van der Waals surface area contributed by atoms with Gasteiger partial charge in [-0.1, -0.05) is 35.1 Å². The third-order valence-electron chi connectivity index (χ3n) is 5.86. The van der Waals surface area contributed by atoms with E-state index in [-0.39, 0.29) is 29.3 Å². The van der Waals surface area contributed by atoms with Gasteiger partial charge in [0.1, 0.15) is 16.5 Å². The number of ether oxygens (including phenoxy) is 1. The van der Waals surface area contributed by atoms with Gasteiger partial charge in [0.15, 0.2) is 5.01 Å². The van der Waals surface area contributed by atoms with Crippen molar-refractivity contribution in [3.05, 3.63) is 75.4 Å². The molecule has 36 heavy (non-hydrogen) atoms. The van der Waals surface area contributed by atoms with Crippen LogP contribution >= 0.6 is 22.9 Å². The number of rotatable bonds is 6. The van der Waals surface area contributed by atoms with Crippen molar-refractivity contribution in [2.24, 2.45) is 0 Å². The van der Waals surface area contributed by atoms with Gasteiger partial charge in [-0.05, 0) is 30.3 Å². The van der Waals surface area contributed by atoms with Crippen LogP contribution in [0.5, 0.6) is 5.75 Å². The molecule has 0 atom stereocenters. The number of fused-ring (bicyclic) bond motifs is 1. The van der Waals surface area contributed by atoms with Gasteiger partial charge < -0.3 is 4.74 Å². The summed E-state index contributed by atoms with van der Waals surface area (Å²) in [6.45, 7) is 1.79. The van der Waals surface area contributed by atoms with Crippen LogP contribution in [0.25, 0.3) is 15.5 Å². The van der Waals surface area contributed by atoms with Gasteiger partial charge in [-0.25, -0.2) is 17.8 Å². The molecular formula is C23H21ClFN5O4S2. The van der Waals surface area contributed by atoms with E-state index in [4.69, 9.17) is 16.3 Å². The largest absolute Gasteiger partial charge is 0.495 e. The maximum absolute atomic E-state index is 14.2.